The van der Waals surface area contributed by atoms with Gasteiger partial charge in [0.2, 0.25) is 0 Å². The maximum Gasteiger partial charge on any atom is 0.274 e. The van der Waals surface area contributed by atoms with Gasteiger partial charge in [-0.05, 0) is 45.9 Å². The van der Waals surface area contributed by atoms with Crippen molar-refractivity contribution >= 4 is 34.0 Å². The third-order valence-corrected chi connectivity index (χ3v) is 5.11. The van der Waals surface area contributed by atoms with Crippen molar-refractivity contribution < 1.29 is 14.3 Å². The quantitative estimate of drug-likeness (QED) is 0.846. The van der Waals surface area contributed by atoms with Crippen molar-refractivity contribution in [1.82, 2.24) is 10.0 Å². The van der Waals surface area contributed by atoms with Crippen molar-refractivity contribution in [2.45, 2.75) is 57.7 Å². The number of fused-ring (bicyclic) bond motifs is 1. The molecule has 1 aromatic carbocycles. The number of thiazole rings is 1. The van der Waals surface area contributed by atoms with E-state index in [0.29, 0.717) is 18.0 Å². The van der Waals surface area contributed by atoms with Gasteiger partial charge in [-0.2, -0.15) is 5.06 Å². The third-order valence-electron chi connectivity index (χ3n) is 4.20. The molecule has 4 nitrogen and oxygen atoms in total. The van der Waals surface area contributed by atoms with E-state index in [9.17, 15) is 9.60 Å². The Morgan fingerprint density at radius 3 is 2.48 bits per heavy atom. The Morgan fingerprint density at radius 1 is 1.26 bits per heavy atom. The highest BCUT2D eigenvalue weighted by Crippen LogP contribution is 2.39. The zero-order valence-corrected chi connectivity index (χ0v) is 15.3. The van der Waals surface area contributed by atoms with Gasteiger partial charge in [0.15, 0.2) is 0 Å². The van der Waals surface area contributed by atoms with Crippen molar-refractivity contribution in [1.29, 1.82) is 0 Å². The lowest BCUT2D eigenvalue weighted by molar-refractivity contribution is -0.254. The first-order valence-corrected chi connectivity index (χ1v) is 8.21. The Balaban J connectivity index is 0.00000192. The lowest BCUT2D eigenvalue weighted by Gasteiger charge is -2.50. The van der Waals surface area contributed by atoms with E-state index in [1.807, 2.05) is 27.7 Å². The van der Waals surface area contributed by atoms with Crippen molar-refractivity contribution in [2.24, 2.45) is 0 Å². The molecule has 0 unspecified atom stereocenters. The Hall–Kier alpha value is -0.950. The van der Waals surface area contributed by atoms with Gasteiger partial charge in [0.1, 0.15) is 11.9 Å². The second-order valence-electron chi connectivity index (χ2n) is 7.18. The van der Waals surface area contributed by atoms with E-state index in [0.717, 1.165) is 10.2 Å². The first-order chi connectivity index (χ1) is 10.2. The predicted molar refractivity (Wildman–Crippen MR) is 92.3 cm³/mol. The van der Waals surface area contributed by atoms with Gasteiger partial charge >= 0.3 is 0 Å². The molecule has 7 heteroatoms. The molecule has 0 radical (unpaired) electrons. The SMILES string of the molecule is CC1(C)CC(Oc2nc3ccc(F)cc3s2)CC(C)(C)N1O.Cl. The second-order valence-corrected chi connectivity index (χ2v) is 8.17. The number of nitrogens with zero attached hydrogens (tertiary/aromatic N) is 2. The highest BCUT2D eigenvalue weighted by molar-refractivity contribution is 7.20. The van der Waals surface area contributed by atoms with E-state index in [1.165, 1.54) is 28.5 Å². The van der Waals surface area contributed by atoms with Crippen LogP contribution in [0.1, 0.15) is 40.5 Å². The molecular formula is C16H22ClFN2O2S. The molecule has 0 amide bonds. The number of ether oxygens (including phenoxy) is 1. The van der Waals surface area contributed by atoms with Gasteiger partial charge in [0.05, 0.1) is 10.2 Å². The number of hydroxylamine groups is 2. The van der Waals surface area contributed by atoms with Gasteiger partial charge in [-0.25, -0.2) is 9.37 Å². The Labute approximate surface area is 145 Å². The van der Waals surface area contributed by atoms with Crippen LogP contribution in [-0.2, 0) is 0 Å². The molecule has 0 spiro atoms. The van der Waals surface area contributed by atoms with Crippen LogP contribution >= 0.6 is 23.7 Å². The van der Waals surface area contributed by atoms with Crippen LogP contribution in [-0.4, -0.2) is 32.4 Å². The summed E-state index contributed by atoms with van der Waals surface area (Å²) >= 11 is 1.36. The standard InChI is InChI=1S/C16H21FN2O2S.ClH/c1-15(2)8-11(9-16(3,4)19(15)20)21-14-18-12-6-5-10(17)7-13(12)22-14;/h5-7,11,20H,8-9H2,1-4H3;1H. The predicted octanol–water partition coefficient (Wildman–Crippen LogP) is 4.65. The van der Waals surface area contributed by atoms with Crippen molar-refractivity contribution in [3.05, 3.63) is 24.0 Å². The summed E-state index contributed by atoms with van der Waals surface area (Å²) in [7, 11) is 0. The molecule has 1 aromatic heterocycles. The molecular weight excluding hydrogens is 339 g/mol. The van der Waals surface area contributed by atoms with Gasteiger partial charge in [-0.3, -0.25) is 0 Å². The molecule has 1 N–H and O–H groups in total. The number of hydrogen-bond donors (Lipinski definition) is 1. The van der Waals surface area contributed by atoms with Gasteiger partial charge in [-0.1, -0.05) is 11.3 Å². The lowest BCUT2D eigenvalue weighted by atomic mass is 9.80. The number of hydrogen-bond acceptors (Lipinski definition) is 5. The highest BCUT2D eigenvalue weighted by Gasteiger charge is 2.46. The second kappa shape index (κ2) is 6.16. The molecule has 0 atom stereocenters. The van der Waals surface area contributed by atoms with Crippen LogP contribution in [0.4, 0.5) is 4.39 Å². The van der Waals surface area contributed by atoms with Gasteiger partial charge < -0.3 is 9.94 Å². The molecule has 2 heterocycles. The molecule has 1 fully saturated rings. The molecule has 0 bridgehead atoms. The van der Waals surface area contributed by atoms with Crippen LogP contribution in [0.5, 0.6) is 5.19 Å². The summed E-state index contributed by atoms with van der Waals surface area (Å²) in [6.07, 6.45) is 1.38. The Morgan fingerprint density at radius 2 is 1.87 bits per heavy atom. The minimum atomic E-state index is -0.366. The molecule has 128 valence electrons. The topological polar surface area (TPSA) is 45.6 Å². The molecule has 0 saturated carbocycles. The van der Waals surface area contributed by atoms with Crippen LogP contribution in [0.3, 0.4) is 0 Å². The zero-order valence-electron chi connectivity index (χ0n) is 13.7. The molecule has 3 rings (SSSR count). The van der Waals surface area contributed by atoms with E-state index in [-0.39, 0.29) is 35.4 Å². The fourth-order valence-corrected chi connectivity index (χ4v) is 4.24. The summed E-state index contributed by atoms with van der Waals surface area (Å²) in [6.45, 7) is 7.99. The molecule has 23 heavy (non-hydrogen) atoms. The smallest absolute Gasteiger partial charge is 0.274 e. The Bertz CT molecular complexity index is 686. The van der Waals surface area contributed by atoms with Crippen molar-refractivity contribution in [2.75, 3.05) is 0 Å². The third kappa shape index (κ3) is 3.60. The Kier molecular flexibility index (Phi) is 4.93. The van der Waals surface area contributed by atoms with Crippen LogP contribution in [0.25, 0.3) is 10.2 Å². The van der Waals surface area contributed by atoms with Gasteiger partial charge in [0.25, 0.3) is 5.19 Å². The molecule has 1 aliphatic rings. The fourth-order valence-electron chi connectivity index (χ4n) is 3.33. The first-order valence-electron chi connectivity index (χ1n) is 7.39. The maximum absolute atomic E-state index is 13.3. The van der Waals surface area contributed by atoms with Crippen LogP contribution in [0, 0.1) is 5.82 Å². The first kappa shape index (κ1) is 18.4. The number of halogens is 2. The largest absolute Gasteiger partial charge is 0.467 e. The van der Waals surface area contributed by atoms with Gasteiger partial charge in [0, 0.05) is 23.9 Å². The minimum Gasteiger partial charge on any atom is -0.467 e. The average Bonchev–Trinajstić information content (AvgIpc) is 2.76. The van der Waals surface area contributed by atoms with E-state index < -0.39 is 0 Å². The van der Waals surface area contributed by atoms with Crippen molar-refractivity contribution in [3.63, 3.8) is 0 Å². The van der Waals surface area contributed by atoms with Crippen molar-refractivity contribution in [3.8, 4) is 5.19 Å². The maximum atomic E-state index is 13.3. The number of aromatic nitrogens is 1. The van der Waals surface area contributed by atoms with E-state index in [4.69, 9.17) is 4.74 Å². The summed E-state index contributed by atoms with van der Waals surface area (Å²) in [6, 6.07) is 4.55. The molecule has 1 saturated heterocycles. The average molecular weight is 361 g/mol. The monoisotopic (exact) mass is 360 g/mol. The summed E-state index contributed by atoms with van der Waals surface area (Å²) in [5, 5.41) is 12.3. The summed E-state index contributed by atoms with van der Waals surface area (Å²) in [4.78, 5) is 4.42. The number of benzene rings is 1. The summed E-state index contributed by atoms with van der Waals surface area (Å²) in [5.74, 6) is -0.265. The number of piperidine rings is 1. The summed E-state index contributed by atoms with van der Waals surface area (Å²) < 4.78 is 20.1. The molecule has 0 aliphatic carbocycles. The van der Waals surface area contributed by atoms with E-state index >= 15 is 0 Å². The number of rotatable bonds is 2. The molecule has 1 aliphatic heterocycles. The highest BCUT2D eigenvalue weighted by atomic mass is 35.5. The van der Waals surface area contributed by atoms with Crippen LogP contribution in [0.15, 0.2) is 18.2 Å². The zero-order chi connectivity index (χ0) is 16.1. The van der Waals surface area contributed by atoms with E-state index in [1.54, 1.807) is 6.07 Å². The molecule has 2 aromatic rings. The van der Waals surface area contributed by atoms with E-state index in [2.05, 4.69) is 4.98 Å². The fraction of sp³-hybridized carbons (Fsp3) is 0.562. The minimum absolute atomic E-state index is 0. The lowest BCUT2D eigenvalue weighted by Crippen LogP contribution is -2.61. The normalized spacial score (nSPS) is 21.1. The van der Waals surface area contributed by atoms with Crippen LogP contribution in [0.2, 0.25) is 0 Å². The van der Waals surface area contributed by atoms with Gasteiger partial charge in [-0.15, -0.1) is 12.4 Å². The van der Waals surface area contributed by atoms with Crippen LogP contribution < -0.4 is 4.74 Å². The summed E-state index contributed by atoms with van der Waals surface area (Å²) in [5.41, 5.74) is 0.0178.